The summed E-state index contributed by atoms with van der Waals surface area (Å²) in [5.74, 6) is 0. The third kappa shape index (κ3) is 3.92. The SMILES string of the molecule is N#CCC[PH-]. The van der Waals surface area contributed by atoms with Crippen LogP contribution in [0, 0.1) is 11.3 Å². The average Bonchev–Trinajstić information content (AvgIpc) is 1.41. The fraction of sp³-hybridized carbons (Fsp3) is 0.667. The Morgan fingerprint density at radius 1 is 1.80 bits per heavy atom. The van der Waals surface area contributed by atoms with Gasteiger partial charge in [-0.3, -0.25) is 0 Å². The molecule has 1 nitrogen and oxygen atoms in total. The predicted molar refractivity (Wildman–Crippen MR) is 23.4 cm³/mol. The molecular formula is C3H5NP-. The number of nitriles is 1. The highest BCUT2D eigenvalue weighted by molar-refractivity contribution is 7.16. The third-order valence-corrected chi connectivity index (χ3v) is 0.487. The standard InChI is InChI=1S/C3H5NP/c4-2-1-3-5/h5H,1,3H2/q-1. The van der Waals surface area contributed by atoms with Crippen LogP contribution in [0.1, 0.15) is 6.42 Å². The molecule has 0 bridgehead atoms. The molecule has 0 radical (unpaired) electrons. The van der Waals surface area contributed by atoms with Crippen molar-refractivity contribution < 1.29 is 0 Å². The molecule has 0 atom stereocenters. The summed E-state index contributed by atoms with van der Waals surface area (Å²) in [6, 6.07) is 1.97. The highest BCUT2D eigenvalue weighted by Gasteiger charge is 1.56. The Balaban J connectivity index is 2.48. The van der Waals surface area contributed by atoms with Crippen LogP contribution in [-0.2, 0) is 0 Å². The smallest absolute Gasteiger partial charge is 0.0596 e. The zero-order valence-corrected chi connectivity index (χ0v) is 3.86. The van der Waals surface area contributed by atoms with E-state index in [2.05, 4.69) is 9.24 Å². The minimum absolute atomic E-state index is 0.608. The molecule has 0 aromatic rings. The van der Waals surface area contributed by atoms with Gasteiger partial charge in [0.25, 0.3) is 0 Å². The van der Waals surface area contributed by atoms with Crippen molar-refractivity contribution >= 4 is 9.24 Å². The topological polar surface area (TPSA) is 23.8 Å². The van der Waals surface area contributed by atoms with Crippen LogP contribution in [0.4, 0.5) is 0 Å². The highest BCUT2D eigenvalue weighted by Crippen LogP contribution is 1.81. The molecule has 0 aliphatic carbocycles. The van der Waals surface area contributed by atoms with E-state index in [0.717, 1.165) is 6.16 Å². The molecule has 0 N–H and O–H groups in total. The average molecular weight is 86.1 g/mol. The summed E-state index contributed by atoms with van der Waals surface area (Å²) >= 11 is 0. The van der Waals surface area contributed by atoms with Crippen LogP contribution < -0.4 is 0 Å². The quantitative estimate of drug-likeness (QED) is 0.437. The first kappa shape index (κ1) is 4.92. The van der Waals surface area contributed by atoms with Crippen molar-refractivity contribution in [2.24, 2.45) is 0 Å². The van der Waals surface area contributed by atoms with Crippen LogP contribution in [-0.4, -0.2) is 6.16 Å². The Morgan fingerprint density at radius 2 is 2.40 bits per heavy atom. The van der Waals surface area contributed by atoms with Gasteiger partial charge in [0.2, 0.25) is 0 Å². The molecule has 0 aliphatic heterocycles. The van der Waals surface area contributed by atoms with Gasteiger partial charge < -0.3 is 9.24 Å². The molecule has 0 aliphatic rings. The summed E-state index contributed by atoms with van der Waals surface area (Å²) in [5, 5.41) is 7.79. The summed E-state index contributed by atoms with van der Waals surface area (Å²) in [6.07, 6.45) is 1.40. The first-order valence-electron chi connectivity index (χ1n) is 1.43. The van der Waals surface area contributed by atoms with E-state index in [1.165, 1.54) is 0 Å². The van der Waals surface area contributed by atoms with Crippen LogP contribution in [0.2, 0.25) is 0 Å². The molecule has 0 fully saturated rings. The van der Waals surface area contributed by atoms with E-state index >= 15 is 0 Å². The van der Waals surface area contributed by atoms with Crippen molar-refractivity contribution in [1.82, 2.24) is 0 Å². The van der Waals surface area contributed by atoms with Crippen LogP contribution in [0.5, 0.6) is 0 Å². The van der Waals surface area contributed by atoms with Gasteiger partial charge in [0, 0.05) is 6.42 Å². The lowest BCUT2D eigenvalue weighted by atomic mass is 10.6. The number of rotatable bonds is 1. The van der Waals surface area contributed by atoms with Gasteiger partial charge in [-0.05, 0) is 0 Å². The first-order chi connectivity index (χ1) is 2.41. The van der Waals surface area contributed by atoms with Crippen LogP contribution in [0.25, 0.3) is 0 Å². The largest absolute Gasteiger partial charge is 0.557 e. The van der Waals surface area contributed by atoms with Crippen LogP contribution >= 0.6 is 9.24 Å². The molecule has 28 valence electrons. The van der Waals surface area contributed by atoms with Crippen molar-refractivity contribution in [3.05, 3.63) is 0 Å². The van der Waals surface area contributed by atoms with Crippen molar-refractivity contribution in [2.75, 3.05) is 6.16 Å². The van der Waals surface area contributed by atoms with Crippen molar-refractivity contribution in [3.63, 3.8) is 0 Å². The van der Waals surface area contributed by atoms with E-state index in [4.69, 9.17) is 5.26 Å². The molecule has 0 amide bonds. The molecule has 0 aromatic carbocycles. The second-order valence-electron chi connectivity index (χ2n) is 0.658. The van der Waals surface area contributed by atoms with E-state index in [-0.39, 0.29) is 0 Å². The van der Waals surface area contributed by atoms with Gasteiger partial charge in [0.1, 0.15) is 0 Å². The van der Waals surface area contributed by atoms with Gasteiger partial charge in [0.15, 0.2) is 0 Å². The Hall–Kier alpha value is -0.0800. The van der Waals surface area contributed by atoms with Crippen LogP contribution in [0.15, 0.2) is 0 Å². The van der Waals surface area contributed by atoms with Crippen molar-refractivity contribution in [3.8, 4) is 6.07 Å². The molecule has 0 spiro atoms. The Kier molecular flexibility index (Phi) is 3.86. The molecule has 0 unspecified atom stereocenters. The van der Waals surface area contributed by atoms with E-state index in [1.807, 2.05) is 6.07 Å². The van der Waals surface area contributed by atoms with Gasteiger partial charge in [-0.25, -0.2) is 0 Å². The number of hydrogen-bond donors (Lipinski definition) is 0. The normalized spacial score (nSPS) is 6.40. The fourth-order valence-corrected chi connectivity index (χ4v) is 0.168. The lowest BCUT2D eigenvalue weighted by Crippen LogP contribution is -1.59. The van der Waals surface area contributed by atoms with Gasteiger partial charge in [0.05, 0.1) is 6.07 Å². The first-order valence-corrected chi connectivity index (χ1v) is 2.14. The summed E-state index contributed by atoms with van der Waals surface area (Å²) in [7, 11) is 3.13. The number of hydrogen-bond acceptors (Lipinski definition) is 1. The maximum atomic E-state index is 7.79. The lowest BCUT2D eigenvalue weighted by molar-refractivity contribution is 1.24. The van der Waals surface area contributed by atoms with Crippen molar-refractivity contribution in [2.45, 2.75) is 6.42 Å². The summed E-state index contributed by atoms with van der Waals surface area (Å²) in [6.45, 7) is 0. The zero-order valence-electron chi connectivity index (χ0n) is 2.86. The molecule has 0 saturated carbocycles. The van der Waals surface area contributed by atoms with Crippen LogP contribution in [0.3, 0.4) is 0 Å². The zero-order chi connectivity index (χ0) is 4.12. The van der Waals surface area contributed by atoms with Gasteiger partial charge in [-0.2, -0.15) is 11.4 Å². The lowest BCUT2D eigenvalue weighted by Gasteiger charge is -1.80. The highest BCUT2D eigenvalue weighted by atomic mass is 31.0. The van der Waals surface area contributed by atoms with E-state index < -0.39 is 0 Å². The molecule has 0 rings (SSSR count). The minimum atomic E-state index is 0.608. The Labute approximate surface area is 34.2 Å². The van der Waals surface area contributed by atoms with E-state index in [0.29, 0.717) is 6.42 Å². The summed E-state index contributed by atoms with van der Waals surface area (Å²) in [5.41, 5.74) is 0. The van der Waals surface area contributed by atoms with Crippen molar-refractivity contribution in [1.29, 1.82) is 5.26 Å². The molecular weight excluding hydrogens is 81.0 g/mol. The van der Waals surface area contributed by atoms with E-state index in [1.54, 1.807) is 0 Å². The minimum Gasteiger partial charge on any atom is -0.557 e. The fourth-order valence-electron chi connectivity index (χ4n) is 0.0559. The maximum Gasteiger partial charge on any atom is 0.0596 e. The Bertz CT molecular complexity index is 45.3. The predicted octanol–water partition coefficient (Wildman–Crippen LogP) is 1.04. The summed E-state index contributed by atoms with van der Waals surface area (Å²) < 4.78 is 0. The van der Waals surface area contributed by atoms with Gasteiger partial charge >= 0.3 is 0 Å². The molecule has 2 heteroatoms. The summed E-state index contributed by atoms with van der Waals surface area (Å²) in [4.78, 5) is 0. The van der Waals surface area contributed by atoms with Gasteiger partial charge in [-0.15, -0.1) is 0 Å². The maximum absolute atomic E-state index is 7.79. The molecule has 0 saturated heterocycles. The van der Waals surface area contributed by atoms with E-state index in [9.17, 15) is 0 Å². The second kappa shape index (κ2) is 3.92. The Morgan fingerprint density at radius 3 is 2.40 bits per heavy atom. The molecule has 0 heterocycles. The third-order valence-electron chi connectivity index (χ3n) is 0.237. The molecule has 5 heavy (non-hydrogen) atoms. The second-order valence-corrected chi connectivity index (χ2v) is 1.16. The molecule has 0 aromatic heterocycles. The monoisotopic (exact) mass is 86.0 g/mol. The number of nitrogens with zero attached hydrogens (tertiary/aromatic N) is 1. The van der Waals surface area contributed by atoms with Gasteiger partial charge in [-0.1, -0.05) is 0 Å².